The molecule has 2 saturated heterocycles. The Hall–Kier alpha value is -0.610. The van der Waals surface area contributed by atoms with E-state index in [0.29, 0.717) is 5.92 Å². The molecular weight excluding hydrogens is 527 g/mol. The van der Waals surface area contributed by atoms with E-state index in [9.17, 15) is 0 Å². The zero-order valence-corrected chi connectivity index (χ0v) is 21.7. The molecule has 2 aliphatic heterocycles. The normalized spacial score (nSPS) is 20.5. The molecular formula is C23H38ClIN4O2. The fourth-order valence-electron chi connectivity index (χ4n) is 3.93. The van der Waals surface area contributed by atoms with E-state index in [2.05, 4.69) is 34.6 Å². The van der Waals surface area contributed by atoms with Gasteiger partial charge in [-0.1, -0.05) is 29.8 Å². The van der Waals surface area contributed by atoms with Gasteiger partial charge in [0.15, 0.2) is 5.96 Å². The molecule has 2 fully saturated rings. The zero-order valence-electron chi connectivity index (χ0n) is 18.7. The van der Waals surface area contributed by atoms with Crippen LogP contribution in [0, 0.1) is 5.92 Å². The minimum atomic E-state index is 0. The summed E-state index contributed by atoms with van der Waals surface area (Å²) in [7, 11) is 0. The van der Waals surface area contributed by atoms with Crippen molar-refractivity contribution in [2.75, 3.05) is 52.5 Å². The summed E-state index contributed by atoms with van der Waals surface area (Å²) in [4.78, 5) is 7.33. The van der Waals surface area contributed by atoms with E-state index in [4.69, 9.17) is 26.1 Å². The van der Waals surface area contributed by atoms with Gasteiger partial charge in [-0.05, 0) is 63.2 Å². The topological polar surface area (TPSA) is 58.1 Å². The number of nitrogens with one attached hydrogen (secondary N) is 2. The molecule has 1 unspecified atom stereocenters. The van der Waals surface area contributed by atoms with E-state index >= 15 is 0 Å². The van der Waals surface area contributed by atoms with Crippen molar-refractivity contribution in [3.63, 3.8) is 0 Å². The molecule has 0 spiro atoms. The van der Waals surface area contributed by atoms with Gasteiger partial charge in [-0.15, -0.1) is 24.0 Å². The monoisotopic (exact) mass is 564 g/mol. The van der Waals surface area contributed by atoms with Crippen LogP contribution < -0.4 is 10.6 Å². The highest BCUT2D eigenvalue weighted by atomic mass is 127. The van der Waals surface area contributed by atoms with Crippen LogP contribution in [-0.2, 0) is 16.0 Å². The van der Waals surface area contributed by atoms with E-state index in [1.807, 2.05) is 12.1 Å². The minimum Gasteiger partial charge on any atom is -0.379 e. The molecule has 0 aromatic heterocycles. The number of ether oxygens (including phenoxy) is 2. The van der Waals surface area contributed by atoms with Crippen molar-refractivity contribution in [3.8, 4) is 0 Å². The number of nitrogens with zero attached hydrogens (tertiary/aromatic N) is 2. The maximum Gasteiger partial charge on any atom is 0.191 e. The van der Waals surface area contributed by atoms with Gasteiger partial charge in [0.05, 0.1) is 12.7 Å². The summed E-state index contributed by atoms with van der Waals surface area (Å²) in [5, 5.41) is 7.66. The first-order valence-electron chi connectivity index (χ1n) is 11.4. The molecule has 2 heterocycles. The van der Waals surface area contributed by atoms with E-state index in [1.165, 1.54) is 18.4 Å². The number of likely N-dealkylation sites (tertiary alicyclic amines) is 1. The number of piperidine rings is 1. The summed E-state index contributed by atoms with van der Waals surface area (Å²) in [6.45, 7) is 10.2. The average molecular weight is 565 g/mol. The van der Waals surface area contributed by atoms with E-state index in [-0.39, 0.29) is 30.1 Å². The second-order valence-corrected chi connectivity index (χ2v) is 8.57. The summed E-state index contributed by atoms with van der Waals surface area (Å²) in [6, 6.07) is 8.15. The van der Waals surface area contributed by atoms with Crippen molar-refractivity contribution in [2.24, 2.45) is 10.9 Å². The highest BCUT2D eigenvalue weighted by Gasteiger charge is 2.20. The lowest BCUT2D eigenvalue weighted by molar-refractivity contribution is 0.0420. The van der Waals surface area contributed by atoms with Crippen LogP contribution in [0.3, 0.4) is 0 Å². The van der Waals surface area contributed by atoms with E-state index in [0.717, 1.165) is 82.9 Å². The Morgan fingerprint density at radius 2 is 2.03 bits per heavy atom. The van der Waals surface area contributed by atoms with Crippen LogP contribution in [0.2, 0.25) is 5.02 Å². The number of hydrogen-bond donors (Lipinski definition) is 2. The van der Waals surface area contributed by atoms with Crippen molar-refractivity contribution in [1.82, 2.24) is 15.5 Å². The fraction of sp³-hybridized carbons (Fsp3) is 0.696. The number of guanidine groups is 1. The van der Waals surface area contributed by atoms with Crippen LogP contribution >= 0.6 is 35.6 Å². The predicted molar refractivity (Wildman–Crippen MR) is 139 cm³/mol. The lowest BCUT2D eigenvalue weighted by atomic mass is 9.96. The van der Waals surface area contributed by atoms with Crippen molar-refractivity contribution in [1.29, 1.82) is 0 Å². The van der Waals surface area contributed by atoms with E-state index in [1.54, 1.807) is 0 Å². The number of benzene rings is 1. The molecule has 6 nitrogen and oxygen atoms in total. The number of aliphatic imine (C=N–C) groups is 1. The van der Waals surface area contributed by atoms with Gasteiger partial charge in [-0.2, -0.15) is 0 Å². The molecule has 1 aromatic rings. The molecule has 31 heavy (non-hydrogen) atoms. The van der Waals surface area contributed by atoms with Gasteiger partial charge in [0.2, 0.25) is 0 Å². The molecule has 0 bridgehead atoms. The van der Waals surface area contributed by atoms with Gasteiger partial charge in [0.1, 0.15) is 0 Å². The summed E-state index contributed by atoms with van der Waals surface area (Å²) in [5.41, 5.74) is 1.22. The van der Waals surface area contributed by atoms with Crippen molar-refractivity contribution >= 4 is 41.5 Å². The average Bonchev–Trinajstić information content (AvgIpc) is 3.28. The van der Waals surface area contributed by atoms with Crippen LogP contribution in [0.25, 0.3) is 0 Å². The first-order chi connectivity index (χ1) is 14.7. The summed E-state index contributed by atoms with van der Waals surface area (Å²) >= 11 is 6.31. The van der Waals surface area contributed by atoms with Crippen LogP contribution in [0.15, 0.2) is 29.3 Å². The second kappa shape index (κ2) is 15.3. The van der Waals surface area contributed by atoms with Gasteiger partial charge in [0.25, 0.3) is 0 Å². The SMILES string of the molecule is CCNC(=NCC1CCN(Cc2ccccc2Cl)CC1)NCCCOC1CCOC1.I. The van der Waals surface area contributed by atoms with Crippen molar-refractivity contribution in [3.05, 3.63) is 34.9 Å². The third kappa shape index (κ3) is 9.82. The molecule has 0 saturated carbocycles. The Balaban J connectivity index is 0.00000341. The lowest BCUT2D eigenvalue weighted by Crippen LogP contribution is -2.39. The predicted octanol–water partition coefficient (Wildman–Crippen LogP) is 3.92. The van der Waals surface area contributed by atoms with Gasteiger partial charge < -0.3 is 20.1 Å². The lowest BCUT2D eigenvalue weighted by Gasteiger charge is -2.31. The summed E-state index contributed by atoms with van der Waals surface area (Å²) in [5.74, 6) is 1.56. The Bertz CT molecular complexity index is 650. The van der Waals surface area contributed by atoms with Crippen LogP contribution in [0.1, 0.15) is 38.2 Å². The van der Waals surface area contributed by atoms with E-state index < -0.39 is 0 Å². The van der Waals surface area contributed by atoms with Crippen LogP contribution in [0.5, 0.6) is 0 Å². The van der Waals surface area contributed by atoms with Crippen LogP contribution in [-0.4, -0.2) is 69.5 Å². The standard InChI is InChI=1S/C23H37ClN4O2.HI/c1-2-25-23(26-11-5-14-30-21-10-15-29-18-21)27-16-19-8-12-28(13-9-19)17-20-6-3-4-7-22(20)24;/h3-4,6-7,19,21H,2,5,8-18H2,1H3,(H2,25,26,27);1H. The minimum absolute atomic E-state index is 0. The molecule has 2 aliphatic rings. The Morgan fingerprint density at radius 3 is 2.74 bits per heavy atom. The molecule has 1 atom stereocenters. The van der Waals surface area contributed by atoms with Gasteiger partial charge >= 0.3 is 0 Å². The van der Waals surface area contributed by atoms with Gasteiger partial charge in [0, 0.05) is 44.4 Å². The van der Waals surface area contributed by atoms with Crippen molar-refractivity contribution < 1.29 is 9.47 Å². The number of halogens is 2. The second-order valence-electron chi connectivity index (χ2n) is 8.17. The smallest absolute Gasteiger partial charge is 0.191 e. The zero-order chi connectivity index (χ0) is 21.0. The molecule has 0 radical (unpaired) electrons. The Kier molecular flexibility index (Phi) is 13.1. The maximum atomic E-state index is 6.31. The number of rotatable bonds is 10. The molecule has 0 amide bonds. The van der Waals surface area contributed by atoms with Gasteiger partial charge in [-0.3, -0.25) is 9.89 Å². The molecule has 0 aliphatic carbocycles. The Morgan fingerprint density at radius 1 is 1.23 bits per heavy atom. The molecule has 1 aromatic carbocycles. The number of hydrogen-bond acceptors (Lipinski definition) is 4. The Labute approximate surface area is 209 Å². The van der Waals surface area contributed by atoms with Gasteiger partial charge in [-0.25, -0.2) is 0 Å². The third-order valence-corrected chi connectivity index (χ3v) is 6.13. The highest BCUT2D eigenvalue weighted by molar-refractivity contribution is 14.0. The third-order valence-electron chi connectivity index (χ3n) is 5.77. The first kappa shape index (κ1) is 26.6. The summed E-state index contributed by atoms with van der Waals surface area (Å²) in [6.07, 6.45) is 4.65. The maximum absolute atomic E-state index is 6.31. The largest absolute Gasteiger partial charge is 0.379 e. The molecule has 176 valence electrons. The molecule has 2 N–H and O–H groups in total. The van der Waals surface area contributed by atoms with Crippen molar-refractivity contribution in [2.45, 2.75) is 45.3 Å². The molecule has 3 rings (SSSR count). The summed E-state index contributed by atoms with van der Waals surface area (Å²) < 4.78 is 11.2. The first-order valence-corrected chi connectivity index (χ1v) is 11.8. The van der Waals surface area contributed by atoms with Crippen LogP contribution in [0.4, 0.5) is 0 Å². The highest BCUT2D eigenvalue weighted by Crippen LogP contribution is 2.22. The quantitative estimate of drug-likeness (QED) is 0.195. The molecule has 8 heteroatoms. The fourth-order valence-corrected chi connectivity index (χ4v) is 4.13.